The summed E-state index contributed by atoms with van der Waals surface area (Å²) < 4.78 is 3.51. The highest BCUT2D eigenvalue weighted by molar-refractivity contribution is 7.71. The molecule has 0 atom stereocenters. The van der Waals surface area contributed by atoms with E-state index in [9.17, 15) is 9.59 Å². The van der Waals surface area contributed by atoms with Crippen LogP contribution in [0.5, 0.6) is 0 Å². The van der Waals surface area contributed by atoms with Gasteiger partial charge in [0, 0.05) is 17.4 Å². The Morgan fingerprint density at radius 2 is 1.34 bits per heavy atom. The predicted molar refractivity (Wildman–Crippen MR) is 133 cm³/mol. The highest BCUT2D eigenvalue weighted by Crippen LogP contribution is 2.21. The summed E-state index contributed by atoms with van der Waals surface area (Å²) in [7, 11) is 0. The van der Waals surface area contributed by atoms with Gasteiger partial charge in [-0.15, -0.1) is 5.10 Å². The average Bonchev–Trinajstić information content (AvgIpc) is 3.53. The number of carbonyl (C=O) groups is 2. The quantitative estimate of drug-likeness (QED) is 0.261. The maximum atomic E-state index is 12.9. The van der Waals surface area contributed by atoms with E-state index in [4.69, 9.17) is 12.2 Å². The van der Waals surface area contributed by atoms with Crippen molar-refractivity contribution in [3.8, 4) is 22.8 Å². The molecule has 0 aliphatic rings. The van der Waals surface area contributed by atoms with Gasteiger partial charge in [0.25, 0.3) is 5.91 Å². The highest BCUT2D eigenvalue weighted by Gasteiger charge is 2.20. The third kappa shape index (κ3) is 4.50. The molecule has 10 heteroatoms. The Balaban J connectivity index is 1.39. The molecule has 2 aromatic heterocycles. The van der Waals surface area contributed by atoms with Crippen LogP contribution in [0.3, 0.4) is 0 Å². The fourth-order valence-corrected chi connectivity index (χ4v) is 3.80. The van der Waals surface area contributed by atoms with E-state index in [0.29, 0.717) is 16.3 Å². The second-order valence-corrected chi connectivity index (χ2v) is 7.82. The Bertz CT molecular complexity index is 1480. The van der Waals surface area contributed by atoms with Gasteiger partial charge in [0.2, 0.25) is 5.82 Å². The molecule has 3 N–H and O–H groups in total. The number of imidazole rings is 1. The molecular weight excluding hydrogens is 462 g/mol. The summed E-state index contributed by atoms with van der Waals surface area (Å²) in [6.45, 7) is 0. The summed E-state index contributed by atoms with van der Waals surface area (Å²) in [5.74, 6) is -0.815. The number of amides is 2. The van der Waals surface area contributed by atoms with Gasteiger partial charge in [-0.3, -0.25) is 25.0 Å². The van der Waals surface area contributed by atoms with E-state index in [1.54, 1.807) is 9.25 Å². The van der Waals surface area contributed by atoms with Gasteiger partial charge in [0.15, 0.2) is 10.6 Å². The summed E-state index contributed by atoms with van der Waals surface area (Å²) in [6.07, 6.45) is 1.48. The molecule has 35 heavy (non-hydrogen) atoms. The van der Waals surface area contributed by atoms with E-state index in [0.717, 1.165) is 11.3 Å². The number of nitrogens with one attached hydrogen (secondary N) is 3. The third-order valence-electron chi connectivity index (χ3n) is 5.16. The fraction of sp³-hybridized carbons (Fsp3) is 0. The van der Waals surface area contributed by atoms with Gasteiger partial charge in [0.1, 0.15) is 5.69 Å². The van der Waals surface area contributed by atoms with E-state index in [2.05, 4.69) is 25.9 Å². The number of rotatable bonds is 5. The first kappa shape index (κ1) is 22.0. The zero-order valence-corrected chi connectivity index (χ0v) is 19.1. The number of hydrogen-bond donors (Lipinski definition) is 3. The maximum absolute atomic E-state index is 12.9. The smallest absolute Gasteiger partial charge is 0.309 e. The van der Waals surface area contributed by atoms with Crippen LogP contribution in [0.15, 0.2) is 97.2 Å². The van der Waals surface area contributed by atoms with Gasteiger partial charge in [-0.05, 0) is 36.5 Å². The molecular formula is C25H19N7O2S. The molecule has 0 aliphatic heterocycles. The maximum Gasteiger partial charge on any atom is 0.309 e. The summed E-state index contributed by atoms with van der Waals surface area (Å²) in [5.41, 5.74) is 7.29. The van der Waals surface area contributed by atoms with Crippen LogP contribution in [0.1, 0.15) is 21.1 Å². The Kier molecular flexibility index (Phi) is 6.01. The van der Waals surface area contributed by atoms with Crippen molar-refractivity contribution in [1.82, 2.24) is 35.2 Å². The summed E-state index contributed by atoms with van der Waals surface area (Å²) >= 11 is 5.31. The summed E-state index contributed by atoms with van der Waals surface area (Å²) in [4.78, 5) is 33.0. The zero-order valence-electron chi connectivity index (χ0n) is 18.3. The van der Waals surface area contributed by atoms with Crippen LogP contribution in [0.4, 0.5) is 0 Å². The van der Waals surface area contributed by atoms with Crippen LogP contribution in [-0.4, -0.2) is 36.1 Å². The van der Waals surface area contributed by atoms with Crippen molar-refractivity contribution in [3.05, 3.63) is 113 Å². The van der Waals surface area contributed by atoms with Crippen LogP contribution >= 0.6 is 12.2 Å². The lowest BCUT2D eigenvalue weighted by Crippen LogP contribution is -2.42. The summed E-state index contributed by atoms with van der Waals surface area (Å²) in [5, 5.41) is 4.39. The van der Waals surface area contributed by atoms with E-state index in [-0.39, 0.29) is 11.5 Å². The zero-order chi connectivity index (χ0) is 24.2. The van der Waals surface area contributed by atoms with Gasteiger partial charge >= 0.3 is 5.91 Å². The number of hydrogen-bond acceptors (Lipinski definition) is 5. The van der Waals surface area contributed by atoms with Crippen LogP contribution in [0, 0.1) is 4.77 Å². The predicted octanol–water partition coefficient (Wildman–Crippen LogP) is 3.86. The van der Waals surface area contributed by atoms with Crippen molar-refractivity contribution >= 4 is 24.0 Å². The first-order chi connectivity index (χ1) is 17.1. The molecule has 0 bridgehead atoms. The highest BCUT2D eigenvalue weighted by atomic mass is 32.1. The average molecular weight is 482 g/mol. The molecule has 0 aliphatic carbocycles. The van der Waals surface area contributed by atoms with Crippen molar-refractivity contribution in [1.29, 1.82) is 0 Å². The molecule has 0 unspecified atom stereocenters. The molecule has 0 saturated heterocycles. The molecule has 172 valence electrons. The third-order valence-corrected chi connectivity index (χ3v) is 5.46. The van der Waals surface area contributed by atoms with Gasteiger partial charge in [0.05, 0.1) is 5.69 Å². The van der Waals surface area contributed by atoms with Gasteiger partial charge < -0.3 is 4.98 Å². The molecule has 0 spiro atoms. The Morgan fingerprint density at radius 3 is 2.00 bits per heavy atom. The SMILES string of the molecule is O=C(NNC(=O)c1c[nH]c(=S)n1-c1ccccc1)c1nc(-c2ccccc2)n(-c2ccccc2)n1. The number of hydrazine groups is 1. The topological polar surface area (TPSA) is 110 Å². The monoisotopic (exact) mass is 481 g/mol. The van der Waals surface area contributed by atoms with Crippen molar-refractivity contribution in [3.63, 3.8) is 0 Å². The molecule has 2 heterocycles. The van der Waals surface area contributed by atoms with Gasteiger partial charge in [-0.1, -0.05) is 66.7 Å². The largest absolute Gasteiger partial charge is 0.336 e. The Hall–Kier alpha value is -4.83. The molecule has 0 fully saturated rings. The number of aromatic amines is 1. The lowest BCUT2D eigenvalue weighted by Gasteiger charge is -2.09. The number of para-hydroxylation sites is 2. The van der Waals surface area contributed by atoms with E-state index in [1.807, 2.05) is 91.0 Å². The lowest BCUT2D eigenvalue weighted by molar-refractivity contribution is 0.0837. The van der Waals surface area contributed by atoms with E-state index in [1.165, 1.54) is 6.20 Å². The molecule has 9 nitrogen and oxygen atoms in total. The molecule has 2 amide bonds. The first-order valence-electron chi connectivity index (χ1n) is 10.7. The van der Waals surface area contributed by atoms with E-state index < -0.39 is 11.8 Å². The normalized spacial score (nSPS) is 10.6. The van der Waals surface area contributed by atoms with Crippen LogP contribution in [-0.2, 0) is 0 Å². The number of H-pyrrole nitrogens is 1. The Morgan fingerprint density at radius 1 is 0.771 bits per heavy atom. The van der Waals surface area contributed by atoms with Crippen molar-refractivity contribution in [2.75, 3.05) is 0 Å². The van der Waals surface area contributed by atoms with Gasteiger partial charge in [-0.25, -0.2) is 9.67 Å². The number of nitrogens with zero attached hydrogens (tertiary/aromatic N) is 4. The number of carbonyl (C=O) groups excluding carboxylic acids is 2. The fourth-order valence-electron chi connectivity index (χ4n) is 3.53. The number of benzene rings is 3. The molecule has 5 rings (SSSR count). The molecule has 0 saturated carbocycles. The first-order valence-corrected chi connectivity index (χ1v) is 11.1. The number of aromatic nitrogens is 5. The second-order valence-electron chi connectivity index (χ2n) is 7.43. The molecule has 3 aromatic carbocycles. The summed E-state index contributed by atoms with van der Waals surface area (Å²) in [6, 6.07) is 28.0. The molecule has 5 aromatic rings. The minimum absolute atomic E-state index is 0.0954. The van der Waals surface area contributed by atoms with Crippen LogP contribution in [0.25, 0.3) is 22.8 Å². The van der Waals surface area contributed by atoms with Gasteiger partial charge in [-0.2, -0.15) is 0 Å². The standard InChI is InChI=1S/C25H19N7O2S/c33-23(20-16-26-25(35)31(20)18-12-6-2-7-13-18)28-29-24(34)21-27-22(17-10-4-1-5-11-17)32(30-21)19-14-8-3-9-15-19/h1-16H,(H,26,35)(H,28,33)(H,29,34). The van der Waals surface area contributed by atoms with Crippen molar-refractivity contribution < 1.29 is 9.59 Å². The Labute approximate surface area is 205 Å². The minimum Gasteiger partial charge on any atom is -0.336 e. The minimum atomic E-state index is -0.661. The van der Waals surface area contributed by atoms with Crippen molar-refractivity contribution in [2.24, 2.45) is 0 Å². The second kappa shape index (κ2) is 9.57. The molecule has 0 radical (unpaired) electrons. The lowest BCUT2D eigenvalue weighted by atomic mass is 10.2. The van der Waals surface area contributed by atoms with Crippen LogP contribution < -0.4 is 10.9 Å². The van der Waals surface area contributed by atoms with Crippen molar-refractivity contribution in [2.45, 2.75) is 0 Å². The van der Waals surface area contributed by atoms with E-state index >= 15 is 0 Å². The van der Waals surface area contributed by atoms with Crippen LogP contribution in [0.2, 0.25) is 0 Å².